The molecule has 0 aliphatic rings. The maximum Gasteiger partial charge on any atom is 0.356 e. The quantitative estimate of drug-likeness (QED) is 0.774. The highest BCUT2D eigenvalue weighted by atomic mass is 16.4. The molecule has 0 radical (unpaired) electrons. The van der Waals surface area contributed by atoms with Crippen molar-refractivity contribution in [3.8, 4) is 0 Å². The van der Waals surface area contributed by atoms with E-state index in [1.165, 1.54) is 10.6 Å². The lowest BCUT2D eigenvalue weighted by atomic mass is 10.4. The molecule has 0 atom stereocenters. The third-order valence-corrected chi connectivity index (χ3v) is 1.99. The first-order valence-electron chi connectivity index (χ1n) is 4.35. The van der Waals surface area contributed by atoms with Crippen molar-refractivity contribution in [2.24, 2.45) is 0 Å². The average Bonchev–Trinajstić information content (AvgIpc) is 2.59. The Kier molecular flexibility index (Phi) is 2.03. The fourth-order valence-corrected chi connectivity index (χ4v) is 1.22. The summed E-state index contributed by atoms with van der Waals surface area (Å²) in [6.45, 7) is 0. The van der Waals surface area contributed by atoms with Crippen LogP contribution in [0.2, 0.25) is 0 Å². The predicted octanol–water partition coefficient (Wildman–Crippen LogP) is 0.493. The smallest absolute Gasteiger partial charge is 0.356 e. The lowest BCUT2D eigenvalue weighted by Gasteiger charge is -2.09. The summed E-state index contributed by atoms with van der Waals surface area (Å²) >= 11 is 0. The van der Waals surface area contributed by atoms with Gasteiger partial charge in [0.25, 0.3) is 0 Å². The molecule has 0 aliphatic heterocycles. The van der Waals surface area contributed by atoms with Gasteiger partial charge in [-0.1, -0.05) is 0 Å². The van der Waals surface area contributed by atoms with Crippen molar-refractivity contribution < 1.29 is 9.90 Å². The van der Waals surface area contributed by atoms with Gasteiger partial charge in [-0.15, -0.1) is 0 Å². The maximum absolute atomic E-state index is 10.7. The standard InChI is InChI=1S/C9H10N4O2/c1-12(2)7-3-4-13-8(10-7)5-6(11-13)9(14)15/h3-5H,1-2H3,(H,14,15). The number of hydrogen-bond acceptors (Lipinski definition) is 4. The lowest BCUT2D eigenvalue weighted by Crippen LogP contribution is -2.11. The minimum absolute atomic E-state index is 0.00148. The maximum atomic E-state index is 10.7. The molecule has 0 bridgehead atoms. The first kappa shape index (κ1) is 9.45. The fourth-order valence-electron chi connectivity index (χ4n) is 1.22. The van der Waals surface area contributed by atoms with Gasteiger partial charge >= 0.3 is 5.97 Å². The Bertz CT molecular complexity index is 518. The summed E-state index contributed by atoms with van der Waals surface area (Å²) in [6, 6.07) is 3.21. The molecular formula is C9H10N4O2. The molecule has 6 heteroatoms. The molecular weight excluding hydrogens is 196 g/mol. The van der Waals surface area contributed by atoms with Crippen LogP contribution in [-0.4, -0.2) is 39.8 Å². The molecule has 0 aromatic carbocycles. The fraction of sp³-hybridized carbons (Fsp3) is 0.222. The zero-order valence-corrected chi connectivity index (χ0v) is 8.38. The van der Waals surface area contributed by atoms with Crippen molar-refractivity contribution >= 4 is 17.4 Å². The van der Waals surface area contributed by atoms with Gasteiger partial charge in [-0.05, 0) is 6.07 Å². The summed E-state index contributed by atoms with van der Waals surface area (Å²) in [5, 5.41) is 12.6. The van der Waals surface area contributed by atoms with E-state index in [4.69, 9.17) is 5.11 Å². The van der Waals surface area contributed by atoms with Crippen LogP contribution < -0.4 is 4.90 Å². The van der Waals surface area contributed by atoms with E-state index in [-0.39, 0.29) is 5.69 Å². The molecule has 2 aromatic rings. The van der Waals surface area contributed by atoms with Crippen LogP contribution in [0.4, 0.5) is 5.82 Å². The van der Waals surface area contributed by atoms with Gasteiger partial charge in [0.05, 0.1) is 0 Å². The molecule has 6 nitrogen and oxygen atoms in total. The van der Waals surface area contributed by atoms with E-state index >= 15 is 0 Å². The van der Waals surface area contributed by atoms with Gasteiger partial charge in [-0.3, -0.25) is 0 Å². The summed E-state index contributed by atoms with van der Waals surface area (Å²) in [6.07, 6.45) is 1.68. The van der Waals surface area contributed by atoms with Gasteiger partial charge in [0, 0.05) is 26.4 Å². The van der Waals surface area contributed by atoms with Gasteiger partial charge in [-0.25, -0.2) is 14.3 Å². The van der Waals surface area contributed by atoms with Gasteiger partial charge < -0.3 is 10.0 Å². The van der Waals surface area contributed by atoms with Crippen molar-refractivity contribution in [3.05, 3.63) is 24.0 Å². The average molecular weight is 206 g/mol. The van der Waals surface area contributed by atoms with Crippen molar-refractivity contribution in [3.63, 3.8) is 0 Å². The minimum Gasteiger partial charge on any atom is -0.476 e. The Morgan fingerprint density at radius 3 is 2.87 bits per heavy atom. The zero-order chi connectivity index (χ0) is 11.0. The van der Waals surface area contributed by atoms with Crippen LogP contribution in [-0.2, 0) is 0 Å². The number of fused-ring (bicyclic) bond motifs is 1. The van der Waals surface area contributed by atoms with E-state index < -0.39 is 5.97 Å². The number of rotatable bonds is 2. The molecule has 0 aliphatic carbocycles. The predicted molar refractivity (Wildman–Crippen MR) is 54.3 cm³/mol. The second-order valence-corrected chi connectivity index (χ2v) is 3.32. The molecule has 2 heterocycles. The van der Waals surface area contributed by atoms with Crippen molar-refractivity contribution in [2.75, 3.05) is 19.0 Å². The van der Waals surface area contributed by atoms with E-state index in [1.807, 2.05) is 19.0 Å². The number of carbonyl (C=O) groups is 1. The van der Waals surface area contributed by atoms with E-state index in [0.29, 0.717) is 5.65 Å². The highest BCUT2D eigenvalue weighted by Gasteiger charge is 2.09. The van der Waals surface area contributed by atoms with Gasteiger partial charge in [0.2, 0.25) is 0 Å². The van der Waals surface area contributed by atoms with E-state index in [1.54, 1.807) is 12.3 Å². The highest BCUT2D eigenvalue weighted by Crippen LogP contribution is 2.10. The van der Waals surface area contributed by atoms with Crippen LogP contribution in [0.15, 0.2) is 18.3 Å². The molecule has 0 amide bonds. The van der Waals surface area contributed by atoms with Crippen molar-refractivity contribution in [1.82, 2.24) is 14.6 Å². The van der Waals surface area contributed by atoms with Crippen LogP contribution in [0.3, 0.4) is 0 Å². The van der Waals surface area contributed by atoms with Crippen LogP contribution in [0.5, 0.6) is 0 Å². The van der Waals surface area contributed by atoms with Crippen LogP contribution in [0, 0.1) is 0 Å². The summed E-state index contributed by atoms with van der Waals surface area (Å²) in [4.78, 5) is 16.8. The Morgan fingerprint density at radius 1 is 1.53 bits per heavy atom. The van der Waals surface area contributed by atoms with Gasteiger partial charge in [0.1, 0.15) is 5.82 Å². The number of aromatic nitrogens is 3. The third-order valence-electron chi connectivity index (χ3n) is 1.99. The van der Waals surface area contributed by atoms with Crippen LogP contribution in [0.25, 0.3) is 5.65 Å². The summed E-state index contributed by atoms with van der Waals surface area (Å²) in [5.74, 6) is -0.286. The number of aromatic carboxylic acids is 1. The van der Waals surface area contributed by atoms with Crippen molar-refractivity contribution in [2.45, 2.75) is 0 Å². The second kappa shape index (κ2) is 3.23. The monoisotopic (exact) mass is 206 g/mol. The Balaban J connectivity index is 2.57. The zero-order valence-electron chi connectivity index (χ0n) is 8.38. The van der Waals surface area contributed by atoms with Gasteiger partial charge in [-0.2, -0.15) is 5.10 Å². The minimum atomic E-state index is -1.05. The number of carboxylic acid groups (broad SMARTS) is 1. The van der Waals surface area contributed by atoms with E-state index in [9.17, 15) is 4.79 Å². The lowest BCUT2D eigenvalue weighted by molar-refractivity contribution is 0.0690. The number of hydrogen-bond donors (Lipinski definition) is 1. The summed E-state index contributed by atoms with van der Waals surface area (Å²) in [5.41, 5.74) is 0.525. The van der Waals surface area contributed by atoms with Gasteiger partial charge in [0.15, 0.2) is 11.3 Å². The van der Waals surface area contributed by atoms with Crippen LogP contribution >= 0.6 is 0 Å². The third kappa shape index (κ3) is 1.61. The number of carboxylic acids is 1. The molecule has 0 spiro atoms. The normalized spacial score (nSPS) is 10.5. The molecule has 2 rings (SSSR count). The molecule has 0 fully saturated rings. The second-order valence-electron chi connectivity index (χ2n) is 3.32. The molecule has 15 heavy (non-hydrogen) atoms. The summed E-state index contributed by atoms with van der Waals surface area (Å²) in [7, 11) is 3.74. The molecule has 0 unspecified atom stereocenters. The van der Waals surface area contributed by atoms with Crippen molar-refractivity contribution in [1.29, 1.82) is 0 Å². The summed E-state index contributed by atoms with van der Waals surface area (Å²) < 4.78 is 1.44. The number of anilines is 1. The Morgan fingerprint density at radius 2 is 2.27 bits per heavy atom. The first-order valence-corrected chi connectivity index (χ1v) is 4.35. The van der Waals surface area contributed by atoms with Crippen LogP contribution in [0.1, 0.15) is 10.5 Å². The number of nitrogens with zero attached hydrogens (tertiary/aromatic N) is 4. The first-order chi connectivity index (χ1) is 7.08. The molecule has 0 saturated heterocycles. The largest absolute Gasteiger partial charge is 0.476 e. The Labute approximate surface area is 85.8 Å². The topological polar surface area (TPSA) is 70.7 Å². The highest BCUT2D eigenvalue weighted by molar-refractivity contribution is 5.86. The SMILES string of the molecule is CN(C)c1ccn2nc(C(=O)O)cc2n1. The Hall–Kier alpha value is -2.11. The molecule has 1 N–H and O–H groups in total. The van der Waals surface area contributed by atoms with E-state index in [0.717, 1.165) is 5.82 Å². The molecule has 78 valence electrons. The molecule has 0 saturated carbocycles. The van der Waals surface area contributed by atoms with E-state index in [2.05, 4.69) is 10.1 Å². The molecule has 2 aromatic heterocycles.